The van der Waals surface area contributed by atoms with Gasteiger partial charge in [0.25, 0.3) is 17.6 Å². The van der Waals surface area contributed by atoms with Crippen LogP contribution in [0.4, 0.5) is 5.82 Å². The van der Waals surface area contributed by atoms with Crippen molar-refractivity contribution < 1.29 is 14.2 Å². The lowest BCUT2D eigenvalue weighted by molar-refractivity contribution is -0.676. The zero-order chi connectivity index (χ0) is 26.1. The normalized spacial score (nSPS) is 10.7. The molecule has 0 aliphatic heterocycles. The molecule has 0 atom stereocenters. The number of amides is 2. The second-order valence-electron chi connectivity index (χ2n) is 7.78. The second kappa shape index (κ2) is 13.2. The van der Waals surface area contributed by atoms with Crippen molar-refractivity contribution in [3.63, 3.8) is 0 Å². The number of hydrogen-bond donors (Lipinski definition) is 3. The van der Waals surface area contributed by atoms with E-state index in [9.17, 15) is 9.59 Å². The fourth-order valence-electron chi connectivity index (χ4n) is 3.71. The molecule has 4 N–H and O–H groups in total. The van der Waals surface area contributed by atoms with E-state index in [1.165, 1.54) is 12.6 Å². The van der Waals surface area contributed by atoms with Crippen molar-refractivity contribution in [2.45, 2.75) is 33.5 Å². The SMILES string of the molecule is CCl.CCn1c(CNC(=O)c2nc(Cl)cnc2N)[n+](CC)c2ccc(C(=O)NCCN(C)C)cc21. The van der Waals surface area contributed by atoms with Crippen molar-refractivity contribution in [3.05, 3.63) is 46.6 Å². The monoisotopic (exact) mass is 523 g/mol. The van der Waals surface area contributed by atoms with E-state index in [-0.39, 0.29) is 29.1 Å². The first-order valence-corrected chi connectivity index (χ1v) is 12.3. The molecule has 0 bridgehead atoms. The standard InChI is InChI=1S/C22H29ClN8O2.CH3Cl/c1-5-30-15-8-7-14(21(32)25-9-10-29(3)4)11-16(15)31(6-2)18(30)13-27-22(33)19-20(24)26-12-17(23)28-19;1-2/h7-8,11-12H,5-6,9-10,13H2,1-4H3,(H3-,24,25,26,27,32,33);1H3/p+1. The first-order valence-electron chi connectivity index (χ1n) is 11.2. The minimum atomic E-state index is -0.459. The Labute approximate surface area is 215 Å². The molecule has 3 rings (SSSR count). The van der Waals surface area contributed by atoms with Gasteiger partial charge in [-0.15, -0.1) is 11.6 Å². The van der Waals surface area contributed by atoms with E-state index in [4.69, 9.17) is 17.3 Å². The zero-order valence-corrected chi connectivity index (χ0v) is 22.2. The predicted molar refractivity (Wildman–Crippen MR) is 139 cm³/mol. The number of carbonyl (C=O) groups is 2. The van der Waals surface area contributed by atoms with Gasteiger partial charge in [0.2, 0.25) is 0 Å². The molecule has 190 valence electrons. The lowest BCUT2D eigenvalue weighted by atomic mass is 10.2. The Morgan fingerprint density at radius 2 is 1.89 bits per heavy atom. The van der Waals surface area contributed by atoms with Gasteiger partial charge in [0.15, 0.2) is 22.5 Å². The minimum Gasteiger partial charge on any atom is -0.382 e. The number of imidazole rings is 1. The zero-order valence-electron chi connectivity index (χ0n) is 20.7. The summed E-state index contributed by atoms with van der Waals surface area (Å²) >= 11 is 10.5. The number of aryl methyl sites for hydroxylation is 2. The number of rotatable bonds is 9. The smallest absolute Gasteiger partial charge is 0.277 e. The molecule has 2 heterocycles. The summed E-state index contributed by atoms with van der Waals surface area (Å²) in [4.78, 5) is 35.2. The molecule has 0 unspecified atom stereocenters. The van der Waals surface area contributed by atoms with Gasteiger partial charge in [-0.2, -0.15) is 0 Å². The molecule has 35 heavy (non-hydrogen) atoms. The van der Waals surface area contributed by atoms with E-state index in [1.807, 2.05) is 51.0 Å². The third-order valence-electron chi connectivity index (χ3n) is 5.31. The van der Waals surface area contributed by atoms with Crippen molar-refractivity contribution in [1.29, 1.82) is 0 Å². The Kier molecular flexibility index (Phi) is 10.7. The molecule has 0 saturated heterocycles. The molecular weight excluding hydrogens is 491 g/mol. The predicted octanol–water partition coefficient (Wildman–Crippen LogP) is 2.07. The van der Waals surface area contributed by atoms with E-state index in [0.29, 0.717) is 25.2 Å². The van der Waals surface area contributed by atoms with Crippen LogP contribution >= 0.6 is 23.2 Å². The Hall–Kier alpha value is -2.95. The van der Waals surface area contributed by atoms with Crippen LogP contribution in [0.5, 0.6) is 0 Å². The number of hydrogen-bond acceptors (Lipinski definition) is 6. The summed E-state index contributed by atoms with van der Waals surface area (Å²) in [7, 11) is 3.92. The number of aromatic nitrogens is 4. The third-order valence-corrected chi connectivity index (χ3v) is 5.50. The summed E-state index contributed by atoms with van der Waals surface area (Å²) in [6, 6.07) is 5.66. The molecule has 3 aromatic rings. The average molecular weight is 524 g/mol. The number of carbonyl (C=O) groups excluding carboxylic acids is 2. The lowest BCUT2D eigenvalue weighted by Crippen LogP contribution is -2.40. The van der Waals surface area contributed by atoms with E-state index >= 15 is 0 Å². The summed E-state index contributed by atoms with van der Waals surface area (Å²) in [5.41, 5.74) is 8.27. The number of halogens is 2. The number of likely N-dealkylation sites (N-methyl/N-ethyl adjacent to an activating group) is 1. The highest BCUT2D eigenvalue weighted by atomic mass is 35.5. The molecule has 10 nitrogen and oxygen atoms in total. The molecule has 2 aromatic heterocycles. The average Bonchev–Trinajstić information content (AvgIpc) is 3.16. The van der Waals surface area contributed by atoms with Gasteiger partial charge in [0.1, 0.15) is 11.7 Å². The number of anilines is 1. The van der Waals surface area contributed by atoms with Crippen molar-refractivity contribution in [1.82, 2.24) is 30.1 Å². The van der Waals surface area contributed by atoms with Crippen LogP contribution in [0.3, 0.4) is 0 Å². The number of nitrogens with two attached hydrogens (primary N) is 1. The van der Waals surface area contributed by atoms with Crippen LogP contribution < -0.4 is 20.9 Å². The van der Waals surface area contributed by atoms with Crippen LogP contribution in [0.15, 0.2) is 24.4 Å². The van der Waals surface area contributed by atoms with E-state index < -0.39 is 5.91 Å². The van der Waals surface area contributed by atoms with Crippen LogP contribution in [0.2, 0.25) is 5.15 Å². The Morgan fingerprint density at radius 1 is 1.17 bits per heavy atom. The fraction of sp³-hybridized carbons (Fsp3) is 0.435. The van der Waals surface area contributed by atoms with Crippen molar-refractivity contribution >= 4 is 51.9 Å². The number of nitrogens with one attached hydrogen (secondary N) is 2. The first-order chi connectivity index (χ1) is 16.8. The lowest BCUT2D eigenvalue weighted by Gasteiger charge is -2.10. The van der Waals surface area contributed by atoms with E-state index in [0.717, 1.165) is 23.4 Å². The van der Waals surface area contributed by atoms with Crippen LogP contribution in [-0.2, 0) is 19.6 Å². The molecule has 0 radical (unpaired) electrons. The summed E-state index contributed by atoms with van der Waals surface area (Å²) in [6.45, 7) is 7.00. The molecule has 12 heteroatoms. The maximum absolute atomic E-state index is 12.7. The largest absolute Gasteiger partial charge is 0.382 e. The Balaban J connectivity index is 0.00000210. The van der Waals surface area contributed by atoms with Gasteiger partial charge < -0.3 is 21.3 Å². The number of fused-ring (bicyclic) bond motifs is 1. The highest BCUT2D eigenvalue weighted by molar-refractivity contribution is 6.29. The van der Waals surface area contributed by atoms with Gasteiger partial charge in [0.05, 0.1) is 19.3 Å². The van der Waals surface area contributed by atoms with Gasteiger partial charge in [0, 0.05) is 31.1 Å². The van der Waals surface area contributed by atoms with Crippen molar-refractivity contribution in [2.75, 3.05) is 39.3 Å². The molecular formula is C23H33Cl2N8O2+. The summed E-state index contributed by atoms with van der Waals surface area (Å²) < 4.78 is 4.20. The quantitative estimate of drug-likeness (QED) is 0.291. The van der Waals surface area contributed by atoms with Gasteiger partial charge in [-0.25, -0.2) is 19.1 Å². The maximum Gasteiger partial charge on any atom is 0.277 e. The molecule has 0 saturated carbocycles. The van der Waals surface area contributed by atoms with E-state index in [1.54, 1.807) is 0 Å². The molecule has 0 aliphatic carbocycles. The van der Waals surface area contributed by atoms with Gasteiger partial charge in [-0.3, -0.25) is 9.59 Å². The van der Waals surface area contributed by atoms with Crippen LogP contribution in [0.1, 0.15) is 40.5 Å². The molecule has 0 aliphatic rings. The fourth-order valence-corrected chi connectivity index (χ4v) is 3.84. The molecule has 0 spiro atoms. The maximum atomic E-state index is 12.7. The van der Waals surface area contributed by atoms with Crippen LogP contribution in [0, 0.1) is 0 Å². The van der Waals surface area contributed by atoms with Gasteiger partial charge >= 0.3 is 0 Å². The summed E-state index contributed by atoms with van der Waals surface area (Å²) in [5, 5.41) is 5.91. The Bertz CT molecular complexity index is 1180. The Morgan fingerprint density at radius 3 is 2.51 bits per heavy atom. The number of nitrogens with zero attached hydrogens (tertiary/aromatic N) is 5. The van der Waals surface area contributed by atoms with Gasteiger partial charge in [-0.05, 0) is 40.1 Å². The first kappa shape index (κ1) is 28.3. The summed E-state index contributed by atoms with van der Waals surface area (Å²) in [5.74, 6) is 0.331. The van der Waals surface area contributed by atoms with Crippen LogP contribution in [0.25, 0.3) is 11.0 Å². The topological polar surface area (TPSA) is 122 Å². The summed E-state index contributed by atoms with van der Waals surface area (Å²) in [6.07, 6.45) is 2.77. The molecule has 2 amide bonds. The second-order valence-corrected chi connectivity index (χ2v) is 8.16. The van der Waals surface area contributed by atoms with Gasteiger partial charge in [-0.1, -0.05) is 11.6 Å². The van der Waals surface area contributed by atoms with Crippen molar-refractivity contribution in [2.24, 2.45) is 0 Å². The van der Waals surface area contributed by atoms with Crippen LogP contribution in [-0.4, -0.2) is 64.8 Å². The minimum absolute atomic E-state index is 0.0126. The number of benzene rings is 1. The van der Waals surface area contributed by atoms with E-state index in [2.05, 4.69) is 41.3 Å². The third kappa shape index (κ3) is 6.81. The molecule has 1 aromatic carbocycles. The highest BCUT2D eigenvalue weighted by Crippen LogP contribution is 2.18. The number of nitrogen functional groups attached to an aromatic ring is 1. The number of alkyl halides is 1. The van der Waals surface area contributed by atoms with Crippen molar-refractivity contribution in [3.8, 4) is 0 Å². The molecule has 0 fully saturated rings. The highest BCUT2D eigenvalue weighted by Gasteiger charge is 2.25.